The average Bonchev–Trinajstić information content (AvgIpc) is 1.87. The maximum atomic E-state index is 6.85. The third-order valence-corrected chi connectivity index (χ3v) is 1.80. The van der Waals surface area contributed by atoms with Crippen molar-refractivity contribution in [3.05, 3.63) is 0 Å². The van der Waals surface area contributed by atoms with Gasteiger partial charge in [0.25, 0.3) is 0 Å². The van der Waals surface area contributed by atoms with Gasteiger partial charge in [-0.2, -0.15) is 0 Å². The fourth-order valence-corrected chi connectivity index (χ4v) is 0.675. The third-order valence-electron chi connectivity index (χ3n) is 1.80. The lowest BCUT2D eigenvalue weighted by Gasteiger charge is -2.16. The Kier molecular flexibility index (Phi) is 4.32. The highest BCUT2D eigenvalue weighted by molar-refractivity contribution is 5.53. The van der Waals surface area contributed by atoms with Gasteiger partial charge in [0.1, 0.15) is 0 Å². The van der Waals surface area contributed by atoms with Crippen LogP contribution >= 0.6 is 0 Å². The van der Waals surface area contributed by atoms with Crippen LogP contribution in [0, 0.1) is 11.3 Å². The van der Waals surface area contributed by atoms with Crippen LogP contribution in [0.4, 0.5) is 0 Å². The van der Waals surface area contributed by atoms with E-state index in [0.29, 0.717) is 12.0 Å². The normalized spacial score (nSPS) is 16.8. The highest BCUT2D eigenvalue weighted by Gasteiger charge is 2.06. The van der Waals surface area contributed by atoms with Gasteiger partial charge in [-0.1, -0.05) is 6.92 Å². The second-order valence-corrected chi connectivity index (χ2v) is 2.49. The van der Waals surface area contributed by atoms with Crippen molar-refractivity contribution in [1.82, 2.24) is 5.32 Å². The molecule has 2 N–H and O–H groups in total. The van der Waals surface area contributed by atoms with E-state index in [0.717, 1.165) is 6.42 Å². The van der Waals surface area contributed by atoms with Crippen molar-refractivity contribution >= 4 is 6.21 Å². The Morgan fingerprint density at radius 2 is 2.11 bits per heavy atom. The molecule has 0 rings (SSSR count). The molecule has 0 aliphatic rings. The van der Waals surface area contributed by atoms with E-state index < -0.39 is 0 Å². The van der Waals surface area contributed by atoms with E-state index in [-0.39, 0.29) is 0 Å². The summed E-state index contributed by atoms with van der Waals surface area (Å²) in [6, 6.07) is 0.520. The van der Waals surface area contributed by atoms with Gasteiger partial charge in [-0.05, 0) is 32.5 Å². The molecule has 0 amide bonds. The first-order chi connectivity index (χ1) is 4.22. The maximum absolute atomic E-state index is 6.85. The number of hydrogen-bond acceptors (Lipinski definition) is 2. The van der Waals surface area contributed by atoms with Gasteiger partial charge in [0.2, 0.25) is 0 Å². The summed E-state index contributed by atoms with van der Waals surface area (Å²) in [7, 11) is 1.95. The predicted octanol–water partition coefficient (Wildman–Crippen LogP) is 1.27. The first-order valence-corrected chi connectivity index (χ1v) is 3.38. The van der Waals surface area contributed by atoms with Crippen LogP contribution in [-0.4, -0.2) is 19.3 Å². The topological polar surface area (TPSA) is 35.9 Å². The van der Waals surface area contributed by atoms with Crippen molar-refractivity contribution in [2.45, 2.75) is 26.3 Å². The standard InChI is InChI=1S/C7H16N2/c1-6(4-5-8)7(2)9-3/h5-9H,4H2,1-3H3. The summed E-state index contributed by atoms with van der Waals surface area (Å²) in [5.41, 5.74) is 0. The van der Waals surface area contributed by atoms with Crippen LogP contribution < -0.4 is 5.32 Å². The number of rotatable bonds is 4. The van der Waals surface area contributed by atoms with Crippen molar-refractivity contribution in [3.8, 4) is 0 Å². The molecule has 2 atom stereocenters. The molecule has 0 aromatic heterocycles. The maximum Gasteiger partial charge on any atom is 0.00648 e. The van der Waals surface area contributed by atoms with Crippen LogP contribution in [-0.2, 0) is 0 Å². The van der Waals surface area contributed by atoms with Crippen molar-refractivity contribution in [2.75, 3.05) is 7.05 Å². The molecular formula is C7H16N2. The molecule has 2 nitrogen and oxygen atoms in total. The fourth-order valence-electron chi connectivity index (χ4n) is 0.675. The minimum Gasteiger partial charge on any atom is -0.317 e. The highest BCUT2D eigenvalue weighted by Crippen LogP contribution is 2.04. The molecule has 0 aromatic rings. The van der Waals surface area contributed by atoms with Crippen LogP contribution in [0.1, 0.15) is 20.3 Å². The van der Waals surface area contributed by atoms with Crippen LogP contribution in [0.3, 0.4) is 0 Å². The predicted molar refractivity (Wildman–Crippen MR) is 41.1 cm³/mol. The first-order valence-electron chi connectivity index (χ1n) is 3.38. The summed E-state index contributed by atoms with van der Waals surface area (Å²) in [6.07, 6.45) is 2.35. The largest absolute Gasteiger partial charge is 0.317 e. The summed E-state index contributed by atoms with van der Waals surface area (Å²) >= 11 is 0. The molecule has 0 saturated heterocycles. The van der Waals surface area contributed by atoms with E-state index in [9.17, 15) is 0 Å². The Morgan fingerprint density at radius 1 is 1.56 bits per heavy atom. The molecule has 9 heavy (non-hydrogen) atoms. The SMILES string of the molecule is CNC(C)C(C)CC=N. The van der Waals surface area contributed by atoms with E-state index in [4.69, 9.17) is 5.41 Å². The average molecular weight is 128 g/mol. The highest BCUT2D eigenvalue weighted by atomic mass is 14.9. The van der Waals surface area contributed by atoms with E-state index >= 15 is 0 Å². The Labute approximate surface area is 57.2 Å². The smallest absolute Gasteiger partial charge is 0.00648 e. The molecule has 0 saturated carbocycles. The van der Waals surface area contributed by atoms with Crippen molar-refractivity contribution in [2.24, 2.45) is 5.92 Å². The van der Waals surface area contributed by atoms with Gasteiger partial charge in [-0.3, -0.25) is 0 Å². The van der Waals surface area contributed by atoms with Crippen molar-refractivity contribution in [1.29, 1.82) is 5.41 Å². The molecule has 0 heterocycles. The molecule has 2 heteroatoms. The minimum absolute atomic E-state index is 0.520. The Morgan fingerprint density at radius 3 is 2.44 bits per heavy atom. The monoisotopic (exact) mass is 128 g/mol. The first kappa shape index (κ1) is 8.63. The molecule has 54 valence electrons. The van der Waals surface area contributed by atoms with Gasteiger partial charge in [0.05, 0.1) is 0 Å². The molecule has 0 aromatic carbocycles. The molecule has 0 fully saturated rings. The van der Waals surface area contributed by atoms with Crippen LogP contribution in [0.2, 0.25) is 0 Å². The Bertz CT molecular complexity index is 81.0. The fraction of sp³-hybridized carbons (Fsp3) is 0.857. The molecule has 0 bridgehead atoms. The van der Waals surface area contributed by atoms with Crippen molar-refractivity contribution in [3.63, 3.8) is 0 Å². The zero-order valence-electron chi connectivity index (χ0n) is 6.44. The lowest BCUT2D eigenvalue weighted by molar-refractivity contribution is 0.440. The second kappa shape index (κ2) is 4.50. The minimum atomic E-state index is 0.520. The molecular weight excluding hydrogens is 112 g/mol. The zero-order valence-corrected chi connectivity index (χ0v) is 6.44. The quantitative estimate of drug-likeness (QED) is 0.549. The van der Waals surface area contributed by atoms with Gasteiger partial charge >= 0.3 is 0 Å². The van der Waals surface area contributed by atoms with Gasteiger partial charge in [-0.25, -0.2) is 0 Å². The van der Waals surface area contributed by atoms with Crippen molar-refractivity contribution < 1.29 is 0 Å². The van der Waals surface area contributed by atoms with E-state index in [1.165, 1.54) is 6.21 Å². The van der Waals surface area contributed by atoms with E-state index in [1.807, 2.05) is 7.05 Å². The third kappa shape index (κ3) is 3.25. The molecule has 0 aliphatic carbocycles. The van der Waals surface area contributed by atoms with Gasteiger partial charge in [0.15, 0.2) is 0 Å². The molecule has 2 unspecified atom stereocenters. The molecule has 0 spiro atoms. The van der Waals surface area contributed by atoms with Gasteiger partial charge in [0, 0.05) is 6.04 Å². The Balaban J connectivity index is 3.44. The lowest BCUT2D eigenvalue weighted by Crippen LogP contribution is -2.28. The lowest BCUT2D eigenvalue weighted by atomic mass is 10.0. The zero-order chi connectivity index (χ0) is 7.28. The van der Waals surface area contributed by atoms with Crippen LogP contribution in [0.5, 0.6) is 0 Å². The molecule has 0 aliphatic heterocycles. The summed E-state index contributed by atoms with van der Waals surface area (Å²) in [4.78, 5) is 0. The second-order valence-electron chi connectivity index (χ2n) is 2.49. The Hall–Kier alpha value is -0.370. The van der Waals surface area contributed by atoms with E-state index in [1.54, 1.807) is 0 Å². The summed E-state index contributed by atoms with van der Waals surface area (Å²) in [6.45, 7) is 4.28. The number of hydrogen-bond donors (Lipinski definition) is 2. The van der Waals surface area contributed by atoms with Gasteiger partial charge < -0.3 is 10.7 Å². The number of nitrogens with one attached hydrogen (secondary N) is 2. The van der Waals surface area contributed by atoms with Gasteiger partial charge in [-0.15, -0.1) is 0 Å². The summed E-state index contributed by atoms with van der Waals surface area (Å²) in [5, 5.41) is 9.99. The summed E-state index contributed by atoms with van der Waals surface area (Å²) in [5.74, 6) is 0.576. The van der Waals surface area contributed by atoms with Crippen LogP contribution in [0.25, 0.3) is 0 Å². The van der Waals surface area contributed by atoms with E-state index in [2.05, 4.69) is 19.2 Å². The summed E-state index contributed by atoms with van der Waals surface area (Å²) < 4.78 is 0. The van der Waals surface area contributed by atoms with Crippen LogP contribution in [0.15, 0.2) is 0 Å². The molecule has 0 radical (unpaired) electrons.